The molecule has 8 nitrogen and oxygen atoms in total. The molecule has 1 saturated heterocycles. The van der Waals surface area contributed by atoms with Crippen LogP contribution in [0.2, 0.25) is 0 Å². The molecular weight excluding hydrogens is 348 g/mol. The van der Waals surface area contributed by atoms with Crippen molar-refractivity contribution in [1.29, 1.82) is 0 Å². The maximum atomic E-state index is 11.9. The second-order valence-electron chi connectivity index (χ2n) is 6.59. The van der Waals surface area contributed by atoms with Crippen molar-refractivity contribution in [2.75, 3.05) is 54.6 Å². The van der Waals surface area contributed by atoms with Crippen LogP contribution in [0.4, 0.5) is 0 Å². The van der Waals surface area contributed by atoms with Crippen LogP contribution in [-0.4, -0.2) is 71.4 Å². The highest BCUT2D eigenvalue weighted by Gasteiger charge is 2.16. The number of carbonyl (C=O) groups excluding carboxylic acids is 1. The Kier molecular flexibility index (Phi) is 8.19. The summed E-state index contributed by atoms with van der Waals surface area (Å²) < 4.78 is 16.1. The largest absolute Gasteiger partial charge is 0.497 e. The number of benzene rings is 1. The molecule has 0 radical (unpaired) electrons. The van der Waals surface area contributed by atoms with Crippen molar-refractivity contribution >= 4 is 11.9 Å². The van der Waals surface area contributed by atoms with Crippen LogP contribution in [0.5, 0.6) is 11.5 Å². The molecule has 1 unspecified atom stereocenters. The van der Waals surface area contributed by atoms with Crippen LogP contribution in [-0.2, 0) is 16.1 Å². The lowest BCUT2D eigenvalue weighted by molar-refractivity contribution is -0.127. The van der Waals surface area contributed by atoms with Gasteiger partial charge in [0, 0.05) is 44.8 Å². The molecule has 1 atom stereocenters. The molecule has 0 spiro atoms. The molecule has 2 rings (SSSR count). The predicted molar refractivity (Wildman–Crippen MR) is 104 cm³/mol. The van der Waals surface area contributed by atoms with Gasteiger partial charge in [-0.25, -0.2) is 4.99 Å². The SMILES string of the molecule is COc1ccc(CN=C(NCC(=O)N(C)C)NCC2CCOC2)c(OC)c1. The second-order valence-corrected chi connectivity index (χ2v) is 6.59. The number of ether oxygens (including phenoxy) is 3. The molecule has 8 heteroatoms. The molecule has 1 aliphatic heterocycles. The van der Waals surface area contributed by atoms with E-state index >= 15 is 0 Å². The molecule has 1 heterocycles. The third-order valence-corrected chi connectivity index (χ3v) is 4.39. The number of hydrogen-bond acceptors (Lipinski definition) is 5. The van der Waals surface area contributed by atoms with Crippen molar-refractivity contribution < 1.29 is 19.0 Å². The van der Waals surface area contributed by atoms with Crippen LogP contribution < -0.4 is 20.1 Å². The first-order chi connectivity index (χ1) is 13.0. The Bertz CT molecular complexity index is 643. The number of methoxy groups -OCH3 is 2. The van der Waals surface area contributed by atoms with Crippen LogP contribution in [0, 0.1) is 5.92 Å². The Morgan fingerprint density at radius 2 is 2.11 bits per heavy atom. The lowest BCUT2D eigenvalue weighted by Gasteiger charge is -2.17. The predicted octanol–water partition coefficient (Wildman–Crippen LogP) is 0.864. The monoisotopic (exact) mass is 378 g/mol. The first-order valence-corrected chi connectivity index (χ1v) is 9.04. The van der Waals surface area contributed by atoms with Crippen molar-refractivity contribution in [3.8, 4) is 11.5 Å². The molecule has 27 heavy (non-hydrogen) atoms. The van der Waals surface area contributed by atoms with Crippen LogP contribution in [0.25, 0.3) is 0 Å². The summed E-state index contributed by atoms with van der Waals surface area (Å²) in [4.78, 5) is 18.0. The van der Waals surface area contributed by atoms with E-state index in [2.05, 4.69) is 15.6 Å². The Hall–Kier alpha value is -2.48. The van der Waals surface area contributed by atoms with Gasteiger partial charge in [0.25, 0.3) is 0 Å². The summed E-state index contributed by atoms with van der Waals surface area (Å²) in [7, 11) is 6.70. The van der Waals surface area contributed by atoms with Crippen LogP contribution in [0.15, 0.2) is 23.2 Å². The fourth-order valence-corrected chi connectivity index (χ4v) is 2.62. The highest BCUT2D eigenvalue weighted by atomic mass is 16.5. The highest BCUT2D eigenvalue weighted by Crippen LogP contribution is 2.25. The molecule has 1 aromatic carbocycles. The van der Waals surface area contributed by atoms with Crippen LogP contribution >= 0.6 is 0 Å². The van der Waals surface area contributed by atoms with Gasteiger partial charge in [-0.3, -0.25) is 4.79 Å². The van der Waals surface area contributed by atoms with E-state index < -0.39 is 0 Å². The van der Waals surface area contributed by atoms with Gasteiger partial charge in [0.2, 0.25) is 5.91 Å². The molecule has 0 aliphatic carbocycles. The highest BCUT2D eigenvalue weighted by molar-refractivity contribution is 5.86. The average Bonchev–Trinajstić information content (AvgIpc) is 3.20. The number of hydrogen-bond donors (Lipinski definition) is 2. The number of carbonyl (C=O) groups is 1. The van der Waals surface area contributed by atoms with E-state index in [1.54, 1.807) is 33.2 Å². The smallest absolute Gasteiger partial charge is 0.241 e. The van der Waals surface area contributed by atoms with Gasteiger partial charge in [-0.15, -0.1) is 0 Å². The Morgan fingerprint density at radius 3 is 2.74 bits per heavy atom. The van der Waals surface area contributed by atoms with Gasteiger partial charge in [-0.05, 0) is 18.6 Å². The summed E-state index contributed by atoms with van der Waals surface area (Å²) in [6.45, 7) is 2.90. The number of nitrogens with zero attached hydrogens (tertiary/aromatic N) is 2. The summed E-state index contributed by atoms with van der Waals surface area (Å²) in [5.41, 5.74) is 0.933. The minimum absolute atomic E-state index is 0.0178. The van der Waals surface area contributed by atoms with Gasteiger partial charge in [0.15, 0.2) is 5.96 Å². The molecule has 1 fully saturated rings. The van der Waals surface area contributed by atoms with Crippen molar-refractivity contribution in [1.82, 2.24) is 15.5 Å². The van der Waals surface area contributed by atoms with Crippen molar-refractivity contribution in [2.24, 2.45) is 10.9 Å². The topological polar surface area (TPSA) is 84.4 Å². The van der Waals surface area contributed by atoms with E-state index in [-0.39, 0.29) is 12.5 Å². The summed E-state index contributed by atoms with van der Waals surface area (Å²) in [5.74, 6) is 2.47. The number of rotatable bonds is 8. The molecule has 1 aliphatic rings. The standard InChI is InChI=1S/C19H30N4O4/c1-23(2)18(24)12-22-19(20-10-14-7-8-27-13-14)21-11-15-5-6-16(25-3)9-17(15)26-4/h5-6,9,14H,7-8,10-13H2,1-4H3,(H2,20,21,22). The summed E-state index contributed by atoms with van der Waals surface area (Å²) in [6, 6.07) is 5.63. The van der Waals surface area contributed by atoms with Crippen molar-refractivity contribution in [2.45, 2.75) is 13.0 Å². The van der Waals surface area contributed by atoms with Crippen molar-refractivity contribution in [3.05, 3.63) is 23.8 Å². The molecule has 1 amide bonds. The molecule has 0 aromatic heterocycles. The molecule has 150 valence electrons. The Morgan fingerprint density at radius 1 is 1.30 bits per heavy atom. The van der Waals surface area contributed by atoms with E-state index in [9.17, 15) is 4.79 Å². The molecule has 1 aromatic rings. The number of likely N-dealkylation sites (N-methyl/N-ethyl adjacent to an activating group) is 1. The maximum Gasteiger partial charge on any atom is 0.241 e. The zero-order valence-corrected chi connectivity index (χ0v) is 16.6. The van der Waals surface area contributed by atoms with Crippen LogP contribution in [0.1, 0.15) is 12.0 Å². The third-order valence-electron chi connectivity index (χ3n) is 4.39. The minimum atomic E-state index is -0.0178. The quantitative estimate of drug-likeness (QED) is 0.516. The third kappa shape index (κ3) is 6.63. The molecule has 2 N–H and O–H groups in total. The average molecular weight is 378 g/mol. The van der Waals surface area contributed by atoms with Crippen molar-refractivity contribution in [3.63, 3.8) is 0 Å². The first kappa shape index (κ1) is 20.8. The molecule has 0 bridgehead atoms. The van der Waals surface area contributed by atoms with Gasteiger partial charge < -0.3 is 29.7 Å². The van der Waals surface area contributed by atoms with E-state index in [0.717, 1.165) is 37.5 Å². The molecular formula is C19H30N4O4. The normalized spacial score (nSPS) is 16.7. The maximum absolute atomic E-state index is 11.9. The number of aliphatic imine (C=N–C) groups is 1. The molecule has 0 saturated carbocycles. The summed E-state index contributed by atoms with van der Waals surface area (Å²) in [5, 5.41) is 6.41. The Labute approximate surface area is 160 Å². The van der Waals surface area contributed by atoms with Gasteiger partial charge in [0.1, 0.15) is 11.5 Å². The summed E-state index contributed by atoms with van der Waals surface area (Å²) >= 11 is 0. The zero-order valence-electron chi connectivity index (χ0n) is 16.6. The Balaban J connectivity index is 2.04. The van der Waals surface area contributed by atoms with E-state index in [1.807, 2.05) is 18.2 Å². The number of amides is 1. The van der Waals surface area contributed by atoms with Gasteiger partial charge in [-0.2, -0.15) is 0 Å². The number of guanidine groups is 1. The lowest BCUT2D eigenvalue weighted by atomic mass is 10.1. The van der Waals surface area contributed by atoms with E-state index in [4.69, 9.17) is 14.2 Å². The minimum Gasteiger partial charge on any atom is -0.497 e. The fourth-order valence-electron chi connectivity index (χ4n) is 2.62. The second kappa shape index (κ2) is 10.6. The van der Waals surface area contributed by atoms with E-state index in [0.29, 0.717) is 24.2 Å². The van der Waals surface area contributed by atoms with Gasteiger partial charge in [-0.1, -0.05) is 0 Å². The number of nitrogens with one attached hydrogen (secondary N) is 2. The van der Waals surface area contributed by atoms with E-state index in [1.165, 1.54) is 0 Å². The zero-order chi connectivity index (χ0) is 19.6. The fraction of sp³-hybridized carbons (Fsp3) is 0.579. The van der Waals surface area contributed by atoms with Gasteiger partial charge >= 0.3 is 0 Å². The first-order valence-electron chi connectivity index (χ1n) is 9.04. The van der Waals surface area contributed by atoms with Crippen LogP contribution in [0.3, 0.4) is 0 Å². The summed E-state index contributed by atoms with van der Waals surface area (Å²) in [6.07, 6.45) is 1.03. The van der Waals surface area contributed by atoms with Gasteiger partial charge in [0.05, 0.1) is 33.9 Å². The lowest BCUT2D eigenvalue weighted by Crippen LogP contribution is -2.44.